The number of imide groups is 1. The lowest BCUT2D eigenvalue weighted by atomic mass is 10.1. The van der Waals surface area contributed by atoms with Gasteiger partial charge < -0.3 is 9.84 Å². The molecule has 0 aliphatic carbocycles. The van der Waals surface area contributed by atoms with Gasteiger partial charge in [-0.2, -0.15) is 0 Å². The highest BCUT2D eigenvalue weighted by molar-refractivity contribution is 8.18. The van der Waals surface area contributed by atoms with Crippen LogP contribution < -0.4 is 4.74 Å². The molecular formula is C21H19NO5S. The maximum Gasteiger partial charge on any atom is 0.335 e. The zero-order valence-corrected chi connectivity index (χ0v) is 16.1. The Labute approximate surface area is 166 Å². The maximum atomic E-state index is 12.3. The molecule has 0 aromatic heterocycles. The lowest BCUT2D eigenvalue weighted by Crippen LogP contribution is -2.28. The molecule has 1 aliphatic heterocycles. The number of amides is 2. The van der Waals surface area contributed by atoms with E-state index in [0.717, 1.165) is 29.3 Å². The van der Waals surface area contributed by atoms with E-state index in [1.54, 1.807) is 48.5 Å². The van der Waals surface area contributed by atoms with Crippen molar-refractivity contribution in [3.63, 3.8) is 0 Å². The number of carbonyl (C=O) groups is 3. The molecule has 0 saturated carbocycles. The molecular weight excluding hydrogens is 378 g/mol. The Balaban J connectivity index is 1.64. The number of benzene rings is 2. The van der Waals surface area contributed by atoms with Gasteiger partial charge in [-0.15, -0.1) is 0 Å². The molecule has 1 heterocycles. The van der Waals surface area contributed by atoms with Gasteiger partial charge in [-0.25, -0.2) is 4.79 Å². The fourth-order valence-electron chi connectivity index (χ4n) is 2.69. The number of hydrogen-bond donors (Lipinski definition) is 1. The number of carbonyl (C=O) groups excluding carboxylic acids is 2. The first-order valence-corrected chi connectivity index (χ1v) is 9.60. The van der Waals surface area contributed by atoms with E-state index in [9.17, 15) is 14.4 Å². The van der Waals surface area contributed by atoms with Crippen LogP contribution in [0.15, 0.2) is 53.4 Å². The Morgan fingerprint density at radius 3 is 2.61 bits per heavy atom. The topological polar surface area (TPSA) is 83.9 Å². The summed E-state index contributed by atoms with van der Waals surface area (Å²) in [6.45, 7) is 2.60. The number of hydrogen-bond acceptors (Lipinski definition) is 5. The van der Waals surface area contributed by atoms with Crippen molar-refractivity contribution >= 4 is 35.0 Å². The van der Waals surface area contributed by atoms with Gasteiger partial charge in [0.05, 0.1) is 10.5 Å². The summed E-state index contributed by atoms with van der Waals surface area (Å²) in [4.78, 5) is 36.8. The predicted molar refractivity (Wildman–Crippen MR) is 107 cm³/mol. The molecule has 2 aromatic rings. The third kappa shape index (κ3) is 4.61. The molecule has 0 atom stereocenters. The third-order valence-corrected chi connectivity index (χ3v) is 4.99. The molecule has 1 saturated heterocycles. The number of aromatic carboxylic acids is 1. The molecule has 3 rings (SSSR count). The van der Waals surface area contributed by atoms with Crippen molar-refractivity contribution in [1.82, 2.24) is 4.90 Å². The third-order valence-electron chi connectivity index (χ3n) is 4.08. The summed E-state index contributed by atoms with van der Waals surface area (Å²) in [6, 6.07) is 13.7. The predicted octanol–water partition coefficient (Wildman–Crippen LogP) is 4.41. The Hall–Kier alpha value is -3.06. The zero-order valence-electron chi connectivity index (χ0n) is 15.3. The molecule has 144 valence electrons. The number of rotatable bonds is 7. The van der Waals surface area contributed by atoms with Crippen LogP contribution >= 0.6 is 11.8 Å². The van der Waals surface area contributed by atoms with Gasteiger partial charge in [-0.1, -0.05) is 31.2 Å². The molecule has 0 radical (unpaired) electrons. The van der Waals surface area contributed by atoms with Crippen LogP contribution in [-0.4, -0.2) is 33.7 Å². The molecule has 2 aromatic carbocycles. The normalized spacial score (nSPS) is 15.3. The number of nitrogens with zero attached hydrogens (tertiary/aromatic N) is 1. The van der Waals surface area contributed by atoms with Crippen LogP contribution in [0, 0.1) is 0 Å². The van der Waals surface area contributed by atoms with Gasteiger partial charge in [0, 0.05) is 6.54 Å². The van der Waals surface area contributed by atoms with Crippen molar-refractivity contribution in [1.29, 1.82) is 0 Å². The Morgan fingerprint density at radius 1 is 1.18 bits per heavy atom. The summed E-state index contributed by atoms with van der Waals surface area (Å²) in [6.07, 6.45) is 2.42. The largest absolute Gasteiger partial charge is 0.489 e. The smallest absolute Gasteiger partial charge is 0.335 e. The summed E-state index contributed by atoms with van der Waals surface area (Å²) >= 11 is 0.951. The molecule has 7 heteroatoms. The molecule has 1 fully saturated rings. The van der Waals surface area contributed by atoms with Crippen LogP contribution in [0.5, 0.6) is 5.75 Å². The lowest BCUT2D eigenvalue weighted by molar-refractivity contribution is -0.122. The Kier molecular flexibility index (Phi) is 6.16. The zero-order chi connectivity index (χ0) is 20.1. The van der Waals surface area contributed by atoms with Crippen molar-refractivity contribution in [2.75, 3.05) is 6.54 Å². The van der Waals surface area contributed by atoms with Gasteiger partial charge >= 0.3 is 5.97 Å². The van der Waals surface area contributed by atoms with Gasteiger partial charge in [0.1, 0.15) is 12.4 Å². The fourth-order valence-corrected chi connectivity index (χ4v) is 3.55. The first-order chi connectivity index (χ1) is 13.5. The quantitative estimate of drug-likeness (QED) is 0.697. The highest BCUT2D eigenvalue weighted by atomic mass is 32.2. The van der Waals surface area contributed by atoms with E-state index < -0.39 is 5.97 Å². The standard InChI is InChI=1S/C21H19NO5S/c1-2-10-22-19(23)18(28-21(22)26)12-14-6-8-17(9-7-14)27-13-15-4-3-5-16(11-15)20(24)25/h3-9,11-12H,2,10,13H2,1H3,(H,24,25)/b18-12+. The van der Waals surface area contributed by atoms with Crippen LogP contribution in [0.2, 0.25) is 0 Å². The van der Waals surface area contributed by atoms with Crippen LogP contribution in [0.25, 0.3) is 6.08 Å². The average Bonchev–Trinajstić information content (AvgIpc) is 2.95. The summed E-state index contributed by atoms with van der Waals surface area (Å²) in [5.41, 5.74) is 1.77. The van der Waals surface area contributed by atoms with Gasteiger partial charge in [-0.05, 0) is 59.7 Å². The first kappa shape index (κ1) is 19.7. The SMILES string of the molecule is CCCN1C(=O)S/C(=C/c2ccc(OCc3cccc(C(=O)O)c3)cc2)C1=O. The van der Waals surface area contributed by atoms with E-state index in [1.807, 2.05) is 6.92 Å². The molecule has 1 N–H and O–H groups in total. The second kappa shape index (κ2) is 8.75. The fraction of sp³-hybridized carbons (Fsp3) is 0.190. The average molecular weight is 397 g/mol. The number of carboxylic acids is 1. The Morgan fingerprint density at radius 2 is 1.93 bits per heavy atom. The first-order valence-electron chi connectivity index (χ1n) is 8.78. The lowest BCUT2D eigenvalue weighted by Gasteiger charge is -2.09. The second-order valence-corrected chi connectivity index (χ2v) is 7.19. The van der Waals surface area contributed by atoms with E-state index in [-0.39, 0.29) is 23.3 Å². The molecule has 2 amide bonds. The number of carboxylic acid groups (broad SMARTS) is 1. The minimum absolute atomic E-state index is 0.216. The van der Waals surface area contributed by atoms with Crippen molar-refractivity contribution in [3.8, 4) is 5.75 Å². The summed E-state index contributed by atoms with van der Waals surface area (Å²) in [5.74, 6) is -0.609. The summed E-state index contributed by atoms with van der Waals surface area (Å²) < 4.78 is 5.69. The highest BCUT2D eigenvalue weighted by Crippen LogP contribution is 2.32. The van der Waals surface area contributed by atoms with Crippen LogP contribution in [0.4, 0.5) is 4.79 Å². The molecule has 28 heavy (non-hydrogen) atoms. The van der Waals surface area contributed by atoms with E-state index in [2.05, 4.69) is 0 Å². The molecule has 0 spiro atoms. The molecule has 6 nitrogen and oxygen atoms in total. The number of ether oxygens (including phenoxy) is 1. The minimum atomic E-state index is -0.977. The monoisotopic (exact) mass is 397 g/mol. The molecule has 0 bridgehead atoms. The van der Waals surface area contributed by atoms with Gasteiger partial charge in [0.15, 0.2) is 0 Å². The van der Waals surface area contributed by atoms with Crippen LogP contribution in [-0.2, 0) is 11.4 Å². The van der Waals surface area contributed by atoms with Crippen molar-refractivity contribution in [2.24, 2.45) is 0 Å². The maximum absolute atomic E-state index is 12.3. The van der Waals surface area contributed by atoms with E-state index in [4.69, 9.17) is 9.84 Å². The summed E-state index contributed by atoms with van der Waals surface area (Å²) in [5, 5.41) is 8.79. The van der Waals surface area contributed by atoms with Crippen molar-refractivity contribution in [3.05, 3.63) is 70.1 Å². The summed E-state index contributed by atoms with van der Waals surface area (Å²) in [7, 11) is 0. The van der Waals surface area contributed by atoms with Crippen molar-refractivity contribution < 1.29 is 24.2 Å². The van der Waals surface area contributed by atoms with Gasteiger partial charge in [0.25, 0.3) is 11.1 Å². The van der Waals surface area contributed by atoms with E-state index in [0.29, 0.717) is 17.2 Å². The second-order valence-electron chi connectivity index (χ2n) is 6.20. The van der Waals surface area contributed by atoms with E-state index in [1.165, 1.54) is 11.0 Å². The van der Waals surface area contributed by atoms with Gasteiger partial charge in [-0.3, -0.25) is 14.5 Å². The number of thioether (sulfide) groups is 1. The van der Waals surface area contributed by atoms with Crippen molar-refractivity contribution in [2.45, 2.75) is 20.0 Å². The van der Waals surface area contributed by atoms with Crippen LogP contribution in [0.3, 0.4) is 0 Å². The minimum Gasteiger partial charge on any atom is -0.489 e. The van der Waals surface area contributed by atoms with Gasteiger partial charge in [0.2, 0.25) is 0 Å². The van der Waals surface area contributed by atoms with E-state index >= 15 is 0 Å². The highest BCUT2D eigenvalue weighted by Gasteiger charge is 2.34. The molecule has 0 unspecified atom stereocenters. The Bertz CT molecular complexity index is 936. The molecule has 1 aliphatic rings. The van der Waals surface area contributed by atoms with Crippen LogP contribution in [0.1, 0.15) is 34.8 Å².